The van der Waals surface area contributed by atoms with Gasteiger partial charge >= 0.3 is 0 Å². The smallest absolute Gasteiger partial charge is 0.243 e. The van der Waals surface area contributed by atoms with Gasteiger partial charge < -0.3 is 64.9 Å². The highest BCUT2D eigenvalue weighted by Crippen LogP contribution is 2.19. The summed E-state index contributed by atoms with van der Waals surface area (Å²) >= 11 is 0. The van der Waals surface area contributed by atoms with Crippen LogP contribution in [0, 0.1) is 5.92 Å². The maximum Gasteiger partial charge on any atom is 0.243 e. The fraction of sp³-hybridized carbons (Fsp3) is 0.476. The average molecular weight is 863 g/mol. The highest BCUT2D eigenvalue weighted by Gasteiger charge is 2.33. The number of rotatable bonds is 26. The molecule has 3 rings (SSSR count). The molecule has 0 saturated carbocycles. The van der Waals surface area contributed by atoms with Gasteiger partial charge in [-0.2, -0.15) is 0 Å². The molecule has 0 aliphatic rings. The van der Waals surface area contributed by atoms with Crippen LogP contribution in [-0.4, -0.2) is 107 Å². The summed E-state index contributed by atoms with van der Waals surface area (Å²) in [5.74, 6) is -5.24. The second kappa shape index (κ2) is 25.2. The molecular formula is C42H62N12O8. The van der Waals surface area contributed by atoms with Crippen molar-refractivity contribution in [3.63, 3.8) is 0 Å². The van der Waals surface area contributed by atoms with Crippen molar-refractivity contribution in [3.8, 4) is 5.75 Å². The number of aromatic hydroxyl groups is 1. The lowest BCUT2D eigenvalue weighted by atomic mass is 9.97. The topological polar surface area (TPSA) is 344 Å². The van der Waals surface area contributed by atoms with Gasteiger partial charge in [-0.05, 0) is 73.9 Å². The number of hydrogen-bond donors (Lipinski definition) is 12. The van der Waals surface area contributed by atoms with Crippen LogP contribution in [0.5, 0.6) is 5.75 Å². The van der Waals surface area contributed by atoms with Crippen molar-refractivity contribution in [2.24, 2.45) is 33.8 Å². The van der Waals surface area contributed by atoms with Crippen molar-refractivity contribution >= 4 is 58.2 Å². The van der Waals surface area contributed by atoms with Crippen molar-refractivity contribution in [2.45, 2.75) is 102 Å². The summed E-state index contributed by atoms with van der Waals surface area (Å²) in [5.41, 5.74) is 24.4. The quantitative estimate of drug-likeness (QED) is 0.0262. The number of H-pyrrole nitrogens is 1. The van der Waals surface area contributed by atoms with Gasteiger partial charge in [0.05, 0.1) is 6.54 Å². The van der Waals surface area contributed by atoms with E-state index in [0.29, 0.717) is 31.4 Å². The van der Waals surface area contributed by atoms with Crippen LogP contribution in [0.15, 0.2) is 59.7 Å². The fourth-order valence-electron chi connectivity index (χ4n) is 6.62. The third-order valence-electron chi connectivity index (χ3n) is 10.2. The minimum Gasteiger partial charge on any atom is -0.508 e. The summed E-state index contributed by atoms with van der Waals surface area (Å²) in [5, 5.41) is 26.6. The number of amides is 7. The van der Waals surface area contributed by atoms with Gasteiger partial charge in [0.25, 0.3) is 0 Å². The van der Waals surface area contributed by atoms with Crippen LogP contribution in [0.25, 0.3) is 10.9 Å². The molecule has 20 nitrogen and oxygen atoms in total. The standard InChI is InChI=1S/C42H62N12O8/c1-4-24(2)36(50-25(3)55)41(62)53-31(12-7-8-18-43)39(60)52-32(13-9-19-47-42(45)46)40(61)54-34(20-26-14-16-28(56)17-15-26)38(59)49-23-35(57)51-33(37(44)58)21-27-22-48-30-11-6-5-10-29(27)30/h5-6,10-11,14-17,22,24,31-34,36,48,56H,4,7-9,12-13,18-21,23,43H2,1-3H3,(H2,44,58)(H,49,59)(H,50,55)(H,51,57)(H,52,60)(H,53,62)(H,54,61)(H4,45,46,47)/t24-,31-,32-,33-,34-,36-/m0/s1. The lowest BCUT2D eigenvalue weighted by molar-refractivity contribution is -0.135. The van der Waals surface area contributed by atoms with Crippen LogP contribution in [0.2, 0.25) is 0 Å². The number of guanidine groups is 1. The Hall–Kier alpha value is -6.70. The van der Waals surface area contributed by atoms with Crippen LogP contribution >= 0.6 is 0 Å². The minimum absolute atomic E-state index is 0.0000943. The molecule has 16 N–H and O–H groups in total. The minimum atomic E-state index is -1.32. The number of aromatic nitrogens is 1. The number of hydrogen-bond acceptors (Lipinski definition) is 10. The molecule has 3 aromatic rings. The number of phenols is 1. The fourth-order valence-corrected chi connectivity index (χ4v) is 6.62. The first kappa shape index (κ1) is 49.7. The molecule has 7 amide bonds. The Morgan fingerprint density at radius 2 is 1.37 bits per heavy atom. The van der Waals surface area contributed by atoms with Crippen molar-refractivity contribution in [1.29, 1.82) is 0 Å². The van der Waals surface area contributed by atoms with Crippen LogP contribution < -0.4 is 54.8 Å². The van der Waals surface area contributed by atoms with Gasteiger partial charge in [-0.1, -0.05) is 50.6 Å². The second-order valence-corrected chi connectivity index (χ2v) is 15.2. The number of primary amides is 1. The highest BCUT2D eigenvalue weighted by atomic mass is 16.3. The SMILES string of the molecule is CC[C@H](C)[C@H](NC(C)=O)C(=O)N[C@@H](CCCCN)C(=O)N[C@@H](CCCN=C(N)N)C(=O)N[C@@H](Cc1ccc(O)cc1)C(=O)NCC(=O)N[C@@H](Cc1c[nH]c2ccccc12)C(N)=O. The summed E-state index contributed by atoms with van der Waals surface area (Å²) in [6, 6.07) is 7.58. The number of carbonyl (C=O) groups excluding carboxylic acids is 7. The largest absolute Gasteiger partial charge is 0.508 e. The summed E-state index contributed by atoms with van der Waals surface area (Å²) in [7, 11) is 0. The molecule has 0 radical (unpaired) electrons. The molecule has 338 valence electrons. The van der Waals surface area contributed by atoms with E-state index in [1.54, 1.807) is 25.3 Å². The Morgan fingerprint density at radius 1 is 0.742 bits per heavy atom. The number of nitrogens with two attached hydrogens (primary N) is 4. The molecule has 0 spiro atoms. The number of unbranched alkanes of at least 4 members (excludes halogenated alkanes) is 1. The third-order valence-corrected chi connectivity index (χ3v) is 10.2. The average Bonchev–Trinajstić information content (AvgIpc) is 3.64. The lowest BCUT2D eigenvalue weighted by Gasteiger charge is -2.28. The molecule has 2 aromatic carbocycles. The lowest BCUT2D eigenvalue weighted by Crippen LogP contribution is -2.59. The predicted molar refractivity (Wildman–Crippen MR) is 234 cm³/mol. The Balaban J connectivity index is 1.83. The molecular weight excluding hydrogens is 801 g/mol. The molecule has 6 atom stereocenters. The summed E-state index contributed by atoms with van der Waals surface area (Å²) in [4.78, 5) is 99.9. The molecule has 62 heavy (non-hydrogen) atoms. The number of aliphatic imine (C=N–C) groups is 1. The molecule has 0 aliphatic heterocycles. The molecule has 1 heterocycles. The van der Waals surface area contributed by atoms with Gasteiger partial charge in [0.1, 0.15) is 36.0 Å². The van der Waals surface area contributed by atoms with Gasteiger partial charge in [-0.15, -0.1) is 0 Å². The number of para-hydroxylation sites is 1. The summed E-state index contributed by atoms with van der Waals surface area (Å²) in [6.45, 7) is 4.80. The van der Waals surface area contributed by atoms with E-state index in [1.165, 1.54) is 19.1 Å². The zero-order chi connectivity index (χ0) is 45.8. The van der Waals surface area contributed by atoms with E-state index >= 15 is 0 Å². The Bertz CT molecular complexity index is 2020. The van der Waals surface area contributed by atoms with Gasteiger partial charge in [0.15, 0.2) is 5.96 Å². The Kier molecular flexibility index (Phi) is 20.2. The second-order valence-electron chi connectivity index (χ2n) is 15.2. The van der Waals surface area contributed by atoms with Gasteiger partial charge in [-0.25, -0.2) is 0 Å². The van der Waals surface area contributed by atoms with E-state index in [0.717, 1.165) is 16.5 Å². The first-order valence-electron chi connectivity index (χ1n) is 20.7. The molecule has 0 unspecified atom stereocenters. The van der Waals surface area contributed by atoms with E-state index in [2.05, 4.69) is 41.9 Å². The molecule has 0 fully saturated rings. The maximum absolute atomic E-state index is 14.1. The van der Waals surface area contributed by atoms with E-state index < -0.39 is 78.1 Å². The Morgan fingerprint density at radius 3 is 1.98 bits per heavy atom. The van der Waals surface area contributed by atoms with Gasteiger partial charge in [0.2, 0.25) is 41.4 Å². The molecule has 0 bridgehead atoms. The van der Waals surface area contributed by atoms with Gasteiger partial charge in [-0.3, -0.25) is 38.6 Å². The number of nitrogens with zero attached hydrogens (tertiary/aromatic N) is 1. The van der Waals surface area contributed by atoms with Crippen LogP contribution in [0.1, 0.15) is 70.4 Å². The van der Waals surface area contributed by atoms with Crippen LogP contribution in [0.3, 0.4) is 0 Å². The third kappa shape index (κ3) is 16.4. The van der Waals surface area contributed by atoms with E-state index in [4.69, 9.17) is 22.9 Å². The van der Waals surface area contributed by atoms with Crippen LogP contribution in [0.4, 0.5) is 0 Å². The first-order chi connectivity index (χ1) is 29.5. The number of carbonyl (C=O) groups is 7. The van der Waals surface area contributed by atoms with Crippen molar-refractivity contribution in [3.05, 3.63) is 65.9 Å². The zero-order valence-corrected chi connectivity index (χ0v) is 35.5. The number of benzene rings is 2. The zero-order valence-electron chi connectivity index (χ0n) is 35.5. The maximum atomic E-state index is 14.1. The molecule has 20 heteroatoms. The summed E-state index contributed by atoms with van der Waals surface area (Å²) < 4.78 is 0. The molecule has 0 saturated heterocycles. The summed E-state index contributed by atoms with van der Waals surface area (Å²) in [6.07, 6.45) is 3.64. The van der Waals surface area contributed by atoms with E-state index in [9.17, 15) is 38.7 Å². The highest BCUT2D eigenvalue weighted by molar-refractivity contribution is 5.96. The van der Waals surface area contributed by atoms with Crippen molar-refractivity contribution in [1.82, 2.24) is 36.9 Å². The van der Waals surface area contributed by atoms with Crippen LogP contribution in [-0.2, 0) is 46.4 Å². The number of fused-ring (bicyclic) bond motifs is 1. The van der Waals surface area contributed by atoms with Crippen molar-refractivity contribution in [2.75, 3.05) is 19.6 Å². The number of phenolic OH excluding ortho intramolecular Hbond substituents is 1. The number of aromatic amines is 1. The monoisotopic (exact) mass is 862 g/mol. The number of nitrogens with one attached hydrogen (secondary N) is 7. The Labute approximate surface area is 360 Å². The van der Waals surface area contributed by atoms with E-state index in [1.807, 2.05) is 31.2 Å². The predicted octanol–water partition coefficient (Wildman–Crippen LogP) is -1.07. The molecule has 0 aliphatic carbocycles. The molecule has 1 aromatic heterocycles. The van der Waals surface area contributed by atoms with E-state index in [-0.39, 0.29) is 56.3 Å². The first-order valence-corrected chi connectivity index (χ1v) is 20.7. The van der Waals surface area contributed by atoms with Gasteiger partial charge in [0, 0.05) is 43.4 Å². The van der Waals surface area contributed by atoms with Crippen molar-refractivity contribution < 1.29 is 38.7 Å². The normalized spacial score (nSPS) is 13.9.